The molecule has 2 heterocycles. The third-order valence-corrected chi connectivity index (χ3v) is 6.74. The van der Waals surface area contributed by atoms with Gasteiger partial charge in [0.15, 0.2) is 5.82 Å². The lowest BCUT2D eigenvalue weighted by atomic mass is 9.89. The lowest BCUT2D eigenvalue weighted by molar-refractivity contribution is -0.694. The number of rotatable bonds is 6. The first-order chi connectivity index (χ1) is 13.5. The Morgan fingerprint density at radius 1 is 1.39 bits per heavy atom. The second-order valence-electron chi connectivity index (χ2n) is 7.60. The molecule has 3 N–H and O–H groups in total. The van der Waals surface area contributed by atoms with E-state index in [4.69, 9.17) is 21.3 Å². The number of nitrogens with one attached hydrogen (secondary N) is 1. The molecule has 0 saturated heterocycles. The van der Waals surface area contributed by atoms with Gasteiger partial charge in [0, 0.05) is 9.90 Å². The molecule has 0 bridgehead atoms. The summed E-state index contributed by atoms with van der Waals surface area (Å²) in [5.74, 6) is 2.22. The number of fused-ring (bicyclic) bond motifs is 3. The molecule has 0 spiro atoms. The van der Waals surface area contributed by atoms with Crippen molar-refractivity contribution in [1.82, 2.24) is 9.97 Å². The maximum absolute atomic E-state index is 12.7. The van der Waals surface area contributed by atoms with Gasteiger partial charge in [0.1, 0.15) is 29.8 Å². The summed E-state index contributed by atoms with van der Waals surface area (Å²) in [4.78, 5) is 22.8. The van der Waals surface area contributed by atoms with Crippen molar-refractivity contribution < 1.29 is 10.1 Å². The van der Waals surface area contributed by atoms with Gasteiger partial charge in [-0.05, 0) is 61.9 Å². The van der Waals surface area contributed by atoms with Gasteiger partial charge >= 0.3 is 0 Å². The molecule has 7 heteroatoms. The number of ether oxygens (including phenoxy) is 1. The molecular weight excluding hydrogens is 394 g/mol. The van der Waals surface area contributed by atoms with Crippen LogP contribution >= 0.6 is 22.9 Å². The van der Waals surface area contributed by atoms with E-state index in [1.54, 1.807) is 11.3 Å². The summed E-state index contributed by atoms with van der Waals surface area (Å²) < 4.78 is 5.73. The highest BCUT2D eigenvalue weighted by Gasteiger charge is 2.24. The maximum atomic E-state index is 12.7. The highest BCUT2D eigenvalue weighted by molar-refractivity contribution is 7.18. The number of aryl methyl sites for hydroxylation is 1. The molecule has 0 radical (unpaired) electrons. The van der Waals surface area contributed by atoms with Crippen molar-refractivity contribution in [3.05, 3.63) is 55.9 Å². The summed E-state index contributed by atoms with van der Waals surface area (Å²) in [5, 5.41) is 3.65. The maximum Gasteiger partial charge on any atom is 0.260 e. The third kappa shape index (κ3) is 4.09. The molecule has 28 heavy (non-hydrogen) atoms. The fourth-order valence-electron chi connectivity index (χ4n) is 3.72. The van der Waals surface area contributed by atoms with Gasteiger partial charge in [0.25, 0.3) is 5.56 Å². The number of hydrogen-bond acceptors (Lipinski definition) is 4. The number of nitrogens with zero attached hydrogens (tertiary/aromatic N) is 1. The summed E-state index contributed by atoms with van der Waals surface area (Å²) >= 11 is 7.58. The number of aromatic nitrogens is 2. The number of halogens is 1. The van der Waals surface area contributed by atoms with Gasteiger partial charge in [-0.25, -0.2) is 4.98 Å². The highest BCUT2D eigenvalue weighted by Crippen LogP contribution is 2.35. The number of benzene rings is 1. The highest BCUT2D eigenvalue weighted by atomic mass is 35.5. The zero-order valence-corrected chi connectivity index (χ0v) is 17.7. The molecule has 5 nitrogen and oxygen atoms in total. The average Bonchev–Trinajstić information content (AvgIpc) is 3.04. The average molecular weight is 419 g/mol. The van der Waals surface area contributed by atoms with Gasteiger partial charge in [0.2, 0.25) is 0 Å². The summed E-state index contributed by atoms with van der Waals surface area (Å²) in [5.41, 5.74) is 1.23. The van der Waals surface area contributed by atoms with Gasteiger partial charge in [-0.3, -0.25) is 4.79 Å². The van der Waals surface area contributed by atoms with Crippen LogP contribution in [0.15, 0.2) is 29.1 Å². The number of H-pyrrole nitrogens is 1. The molecule has 1 aliphatic carbocycles. The smallest absolute Gasteiger partial charge is 0.260 e. The minimum Gasteiger partial charge on any atom is -0.488 e. The largest absolute Gasteiger partial charge is 0.488 e. The van der Waals surface area contributed by atoms with Crippen LogP contribution in [0.5, 0.6) is 5.75 Å². The van der Waals surface area contributed by atoms with Crippen LogP contribution in [0.1, 0.15) is 42.6 Å². The number of nitrogens with two attached hydrogens (primary N) is 1. The molecule has 2 atom stereocenters. The molecule has 0 amide bonds. The minimum atomic E-state index is 0.00437. The Bertz CT molecular complexity index is 1030. The van der Waals surface area contributed by atoms with Gasteiger partial charge in [0.05, 0.1) is 5.39 Å². The molecule has 0 aliphatic heterocycles. The van der Waals surface area contributed by atoms with Crippen molar-refractivity contribution in [2.45, 2.75) is 39.2 Å². The standard InChI is InChI=1S/C21H24ClN3O2S/c1-12-3-8-16-17(11-12)28-21-18(16)20(26)24-19(25-21)13(2)23-9-10-27-15-6-4-14(22)5-7-15/h4-7,12-13,23H,3,8-11H2,1-2H3,(H,24,25,26)/p+1/t12-,13-/m0/s1. The van der Waals surface area contributed by atoms with Crippen LogP contribution in [-0.4, -0.2) is 23.1 Å². The number of thiophene rings is 1. The zero-order valence-electron chi connectivity index (χ0n) is 16.1. The van der Waals surface area contributed by atoms with Crippen molar-refractivity contribution in [2.24, 2.45) is 5.92 Å². The predicted molar refractivity (Wildman–Crippen MR) is 114 cm³/mol. The van der Waals surface area contributed by atoms with E-state index in [0.29, 0.717) is 17.5 Å². The second-order valence-corrected chi connectivity index (χ2v) is 9.12. The van der Waals surface area contributed by atoms with Gasteiger partial charge < -0.3 is 15.0 Å². The van der Waals surface area contributed by atoms with Crippen molar-refractivity contribution in [3.63, 3.8) is 0 Å². The lowest BCUT2D eigenvalue weighted by Crippen LogP contribution is -2.86. The van der Waals surface area contributed by atoms with E-state index in [-0.39, 0.29) is 11.6 Å². The molecule has 0 unspecified atom stereocenters. The lowest BCUT2D eigenvalue weighted by Gasteiger charge is -2.17. The van der Waals surface area contributed by atoms with Crippen molar-refractivity contribution in [1.29, 1.82) is 0 Å². The van der Waals surface area contributed by atoms with E-state index in [2.05, 4.69) is 24.1 Å². The summed E-state index contributed by atoms with van der Waals surface area (Å²) in [6.07, 6.45) is 3.21. The number of aromatic amines is 1. The molecule has 2 aromatic heterocycles. The van der Waals surface area contributed by atoms with Crippen LogP contribution in [0, 0.1) is 5.92 Å². The van der Waals surface area contributed by atoms with Gasteiger partial charge in [-0.1, -0.05) is 18.5 Å². The fraction of sp³-hybridized carbons (Fsp3) is 0.429. The first-order valence-corrected chi connectivity index (χ1v) is 11.0. The molecule has 1 aromatic carbocycles. The van der Waals surface area contributed by atoms with Crippen LogP contribution in [0.2, 0.25) is 5.02 Å². The Labute approximate surface area is 173 Å². The molecule has 3 aromatic rings. The van der Waals surface area contributed by atoms with Crippen LogP contribution in [0.4, 0.5) is 0 Å². The molecular formula is C21H25ClN3O2S+. The van der Waals surface area contributed by atoms with Crippen LogP contribution < -0.4 is 15.6 Å². The summed E-state index contributed by atoms with van der Waals surface area (Å²) in [6.45, 7) is 5.68. The Kier molecular flexibility index (Phi) is 5.71. The third-order valence-electron chi connectivity index (χ3n) is 5.34. The first-order valence-electron chi connectivity index (χ1n) is 9.77. The van der Waals surface area contributed by atoms with E-state index >= 15 is 0 Å². The second kappa shape index (κ2) is 8.23. The molecule has 4 rings (SSSR count). The van der Waals surface area contributed by atoms with Crippen LogP contribution in [-0.2, 0) is 12.8 Å². The Hall–Kier alpha value is -1.89. The first kappa shape index (κ1) is 19.4. The number of hydrogen-bond donors (Lipinski definition) is 2. The van der Waals surface area contributed by atoms with Gasteiger partial charge in [-0.15, -0.1) is 11.3 Å². The van der Waals surface area contributed by atoms with E-state index in [9.17, 15) is 4.79 Å². The van der Waals surface area contributed by atoms with E-state index in [1.807, 2.05) is 24.3 Å². The Balaban J connectivity index is 1.42. The fourth-order valence-corrected chi connectivity index (χ4v) is 5.23. The van der Waals surface area contributed by atoms with Crippen molar-refractivity contribution >= 4 is 33.2 Å². The van der Waals surface area contributed by atoms with Gasteiger partial charge in [-0.2, -0.15) is 0 Å². The number of quaternary nitrogens is 1. The van der Waals surface area contributed by atoms with E-state index < -0.39 is 0 Å². The summed E-state index contributed by atoms with van der Waals surface area (Å²) in [6, 6.07) is 7.41. The van der Waals surface area contributed by atoms with Crippen molar-refractivity contribution in [3.8, 4) is 5.75 Å². The minimum absolute atomic E-state index is 0.00437. The molecule has 1 aliphatic rings. The monoisotopic (exact) mass is 418 g/mol. The zero-order chi connectivity index (χ0) is 19.7. The van der Waals surface area contributed by atoms with Crippen LogP contribution in [0.25, 0.3) is 10.2 Å². The quantitative estimate of drug-likeness (QED) is 0.602. The van der Waals surface area contributed by atoms with Crippen LogP contribution in [0.3, 0.4) is 0 Å². The van der Waals surface area contributed by atoms with E-state index in [1.165, 1.54) is 10.4 Å². The normalized spacial score (nSPS) is 17.5. The Morgan fingerprint density at radius 2 is 2.18 bits per heavy atom. The summed E-state index contributed by atoms with van der Waals surface area (Å²) in [7, 11) is 0. The van der Waals surface area contributed by atoms with E-state index in [0.717, 1.165) is 47.6 Å². The topological polar surface area (TPSA) is 71.6 Å². The van der Waals surface area contributed by atoms with Crippen molar-refractivity contribution in [2.75, 3.05) is 13.2 Å². The SMILES string of the molecule is C[C@H]1CCc2c(sc3nc([C@H](C)[NH2+]CCOc4ccc(Cl)cc4)[nH]c(=O)c23)C1. The Morgan fingerprint density at radius 3 is 2.96 bits per heavy atom. The molecule has 0 saturated carbocycles. The predicted octanol–water partition coefficient (Wildman–Crippen LogP) is 3.47. The molecule has 0 fully saturated rings. The molecule has 148 valence electrons.